The fourth-order valence-electron chi connectivity index (χ4n) is 3.59. The molecule has 1 spiro atoms. The quantitative estimate of drug-likeness (QED) is 0.860. The number of ether oxygens (including phenoxy) is 1. The van der Waals surface area contributed by atoms with E-state index in [1.807, 2.05) is 18.2 Å². The van der Waals surface area contributed by atoms with Crippen LogP contribution in [0.25, 0.3) is 11.3 Å². The van der Waals surface area contributed by atoms with Crippen molar-refractivity contribution in [2.24, 2.45) is 0 Å². The van der Waals surface area contributed by atoms with E-state index in [0.717, 1.165) is 42.9 Å². The third-order valence-electron chi connectivity index (χ3n) is 4.66. The third-order valence-corrected chi connectivity index (χ3v) is 4.66. The first-order chi connectivity index (χ1) is 11.6. The molecule has 2 aromatic heterocycles. The van der Waals surface area contributed by atoms with Crippen LogP contribution in [0.1, 0.15) is 18.6 Å². The standard InChI is InChI=1S/C17H20N4O3/c1-20-11-17(23-16(20)22)5-3-7-21(12-17)10-14-8-15(19-24-14)13-4-2-6-18-9-13/h2,4,6,8-9H,3,5,7,10-12H2,1H3/t17-/m1/s1. The van der Waals surface area contributed by atoms with Crippen molar-refractivity contribution in [1.29, 1.82) is 0 Å². The van der Waals surface area contributed by atoms with Crippen LogP contribution in [0, 0.1) is 0 Å². The molecule has 0 unspecified atom stereocenters. The van der Waals surface area contributed by atoms with E-state index in [2.05, 4.69) is 15.0 Å². The number of aromatic nitrogens is 2. The number of hydrogen-bond acceptors (Lipinski definition) is 6. The van der Waals surface area contributed by atoms with Gasteiger partial charge in [-0.05, 0) is 31.5 Å². The summed E-state index contributed by atoms with van der Waals surface area (Å²) >= 11 is 0. The molecule has 2 fully saturated rings. The van der Waals surface area contributed by atoms with Gasteiger partial charge in [0.15, 0.2) is 5.76 Å². The largest absolute Gasteiger partial charge is 0.440 e. The Balaban J connectivity index is 1.44. The first kappa shape index (κ1) is 15.1. The van der Waals surface area contributed by atoms with Gasteiger partial charge in [0, 0.05) is 37.6 Å². The lowest BCUT2D eigenvalue weighted by atomic mass is 9.92. The van der Waals surface area contributed by atoms with E-state index < -0.39 is 0 Å². The summed E-state index contributed by atoms with van der Waals surface area (Å²) in [5.41, 5.74) is 1.35. The molecule has 1 atom stereocenters. The molecule has 0 aromatic carbocycles. The summed E-state index contributed by atoms with van der Waals surface area (Å²) in [7, 11) is 1.78. The number of piperidine rings is 1. The minimum atomic E-state index is -0.379. The molecule has 0 bridgehead atoms. The van der Waals surface area contributed by atoms with E-state index in [1.165, 1.54) is 0 Å². The van der Waals surface area contributed by atoms with Gasteiger partial charge in [-0.3, -0.25) is 9.88 Å². The molecular formula is C17H20N4O3. The van der Waals surface area contributed by atoms with Crippen LogP contribution in [-0.4, -0.2) is 58.3 Å². The molecule has 4 heterocycles. The van der Waals surface area contributed by atoms with Gasteiger partial charge in [0.1, 0.15) is 11.3 Å². The highest BCUT2D eigenvalue weighted by molar-refractivity contribution is 5.70. The highest BCUT2D eigenvalue weighted by Crippen LogP contribution is 2.32. The number of hydrogen-bond donors (Lipinski definition) is 0. The first-order valence-corrected chi connectivity index (χ1v) is 8.16. The zero-order valence-electron chi connectivity index (χ0n) is 13.6. The van der Waals surface area contributed by atoms with E-state index in [0.29, 0.717) is 13.1 Å². The summed E-state index contributed by atoms with van der Waals surface area (Å²) in [6.07, 6.45) is 5.19. The van der Waals surface area contributed by atoms with Crippen molar-refractivity contribution >= 4 is 6.09 Å². The van der Waals surface area contributed by atoms with Crippen LogP contribution in [0.3, 0.4) is 0 Å². The Morgan fingerprint density at radius 3 is 3.04 bits per heavy atom. The van der Waals surface area contributed by atoms with Gasteiger partial charge in [-0.25, -0.2) is 4.79 Å². The number of pyridine rings is 1. The van der Waals surface area contributed by atoms with E-state index in [-0.39, 0.29) is 11.7 Å². The second kappa shape index (κ2) is 5.90. The van der Waals surface area contributed by atoms with E-state index >= 15 is 0 Å². The van der Waals surface area contributed by atoms with Crippen molar-refractivity contribution in [2.75, 3.05) is 26.7 Å². The average Bonchev–Trinajstić information content (AvgIpc) is 3.14. The Hall–Kier alpha value is -2.41. The SMILES string of the molecule is CN1C[C@@]2(CCCN(Cc3cc(-c4cccnc4)no3)C2)OC1=O. The summed E-state index contributed by atoms with van der Waals surface area (Å²) in [5, 5.41) is 4.13. The second-order valence-electron chi connectivity index (χ2n) is 6.64. The molecule has 7 nitrogen and oxygen atoms in total. The van der Waals surface area contributed by atoms with Gasteiger partial charge >= 0.3 is 6.09 Å². The van der Waals surface area contributed by atoms with E-state index in [4.69, 9.17) is 9.26 Å². The normalized spacial score (nSPS) is 24.5. The molecule has 2 aliphatic heterocycles. The van der Waals surface area contributed by atoms with Crippen molar-refractivity contribution < 1.29 is 14.1 Å². The second-order valence-corrected chi connectivity index (χ2v) is 6.64. The maximum atomic E-state index is 11.7. The maximum absolute atomic E-state index is 11.7. The number of carbonyl (C=O) groups is 1. The minimum Gasteiger partial charge on any atom is -0.440 e. The Labute approximate surface area is 140 Å². The smallest absolute Gasteiger partial charge is 0.410 e. The molecule has 126 valence electrons. The monoisotopic (exact) mass is 328 g/mol. The van der Waals surface area contributed by atoms with Crippen LogP contribution in [0.5, 0.6) is 0 Å². The van der Waals surface area contributed by atoms with Crippen molar-refractivity contribution in [3.8, 4) is 11.3 Å². The Morgan fingerprint density at radius 2 is 2.29 bits per heavy atom. The number of likely N-dealkylation sites (tertiary alicyclic amines) is 1. The molecule has 1 amide bonds. The Morgan fingerprint density at radius 1 is 1.38 bits per heavy atom. The topological polar surface area (TPSA) is 71.7 Å². The number of nitrogens with zero attached hydrogens (tertiary/aromatic N) is 4. The van der Waals surface area contributed by atoms with Crippen molar-refractivity contribution in [3.05, 3.63) is 36.4 Å². The molecular weight excluding hydrogens is 308 g/mol. The lowest BCUT2D eigenvalue weighted by Crippen LogP contribution is -2.50. The first-order valence-electron chi connectivity index (χ1n) is 8.16. The number of rotatable bonds is 3. The molecule has 0 radical (unpaired) electrons. The summed E-state index contributed by atoms with van der Waals surface area (Å²) < 4.78 is 11.1. The van der Waals surface area contributed by atoms with Crippen LogP contribution in [-0.2, 0) is 11.3 Å². The lowest BCUT2D eigenvalue weighted by Gasteiger charge is -2.37. The van der Waals surface area contributed by atoms with Gasteiger partial charge in [0.05, 0.1) is 13.1 Å². The fraction of sp³-hybridized carbons (Fsp3) is 0.471. The zero-order chi connectivity index (χ0) is 16.6. The molecule has 4 rings (SSSR count). The summed E-state index contributed by atoms with van der Waals surface area (Å²) in [5.74, 6) is 0.809. The number of carbonyl (C=O) groups excluding carboxylic acids is 1. The molecule has 0 saturated carbocycles. The van der Waals surface area contributed by atoms with Crippen LogP contribution >= 0.6 is 0 Å². The van der Waals surface area contributed by atoms with Gasteiger partial charge in [0.25, 0.3) is 0 Å². The van der Waals surface area contributed by atoms with Crippen LogP contribution in [0.4, 0.5) is 4.79 Å². The van der Waals surface area contributed by atoms with Gasteiger partial charge in [0.2, 0.25) is 0 Å². The summed E-state index contributed by atoms with van der Waals surface area (Å²) in [4.78, 5) is 19.7. The number of amides is 1. The van der Waals surface area contributed by atoms with Crippen molar-refractivity contribution in [1.82, 2.24) is 19.9 Å². The van der Waals surface area contributed by atoms with Crippen LogP contribution < -0.4 is 0 Å². The minimum absolute atomic E-state index is 0.227. The predicted molar refractivity (Wildman–Crippen MR) is 86.1 cm³/mol. The number of likely N-dealkylation sites (N-methyl/N-ethyl adjacent to an activating group) is 1. The average molecular weight is 328 g/mol. The Kier molecular flexibility index (Phi) is 3.72. The molecule has 2 aliphatic rings. The van der Waals surface area contributed by atoms with Gasteiger partial charge in [-0.15, -0.1) is 0 Å². The molecule has 0 N–H and O–H groups in total. The molecule has 2 aromatic rings. The Bertz CT molecular complexity index is 732. The molecule has 2 saturated heterocycles. The van der Waals surface area contributed by atoms with E-state index in [9.17, 15) is 4.79 Å². The highest BCUT2D eigenvalue weighted by Gasteiger charge is 2.46. The summed E-state index contributed by atoms with van der Waals surface area (Å²) in [6.45, 7) is 3.01. The lowest BCUT2D eigenvalue weighted by molar-refractivity contribution is -0.0134. The van der Waals surface area contributed by atoms with Crippen LogP contribution in [0.2, 0.25) is 0 Å². The fourth-order valence-corrected chi connectivity index (χ4v) is 3.59. The van der Waals surface area contributed by atoms with E-state index in [1.54, 1.807) is 24.3 Å². The molecule has 24 heavy (non-hydrogen) atoms. The van der Waals surface area contributed by atoms with Crippen LogP contribution in [0.15, 0.2) is 35.1 Å². The summed E-state index contributed by atoms with van der Waals surface area (Å²) in [6, 6.07) is 5.78. The predicted octanol–water partition coefficient (Wildman–Crippen LogP) is 2.15. The van der Waals surface area contributed by atoms with Gasteiger partial charge in [-0.2, -0.15) is 0 Å². The highest BCUT2D eigenvalue weighted by atomic mass is 16.6. The molecule has 0 aliphatic carbocycles. The van der Waals surface area contributed by atoms with Gasteiger partial charge in [-0.1, -0.05) is 5.16 Å². The molecule has 7 heteroatoms. The maximum Gasteiger partial charge on any atom is 0.410 e. The van der Waals surface area contributed by atoms with Crippen molar-refractivity contribution in [2.45, 2.75) is 25.0 Å². The van der Waals surface area contributed by atoms with Crippen molar-refractivity contribution in [3.63, 3.8) is 0 Å². The zero-order valence-corrected chi connectivity index (χ0v) is 13.6. The third kappa shape index (κ3) is 2.87. The van der Waals surface area contributed by atoms with Gasteiger partial charge < -0.3 is 14.2 Å².